The van der Waals surface area contributed by atoms with Gasteiger partial charge in [0.15, 0.2) is 0 Å². The average Bonchev–Trinajstić information content (AvgIpc) is 2.06. The van der Waals surface area contributed by atoms with Crippen molar-refractivity contribution in [2.24, 2.45) is 5.73 Å². The van der Waals surface area contributed by atoms with E-state index in [4.69, 9.17) is 5.73 Å². The molecule has 0 saturated carbocycles. The lowest BCUT2D eigenvalue weighted by atomic mass is 10.3. The third-order valence-corrected chi connectivity index (χ3v) is 1.55. The second-order valence-electron chi connectivity index (χ2n) is 2.64. The molecular weight excluding hydrogens is 190 g/mol. The van der Waals surface area contributed by atoms with Gasteiger partial charge in [0.25, 0.3) is 0 Å². The van der Waals surface area contributed by atoms with E-state index in [1.165, 1.54) is 0 Å². The van der Waals surface area contributed by atoms with Crippen LogP contribution < -0.4 is 5.73 Å². The summed E-state index contributed by atoms with van der Waals surface area (Å²) in [7, 11) is 0. The predicted octanol–water partition coefficient (Wildman–Crippen LogP) is 1.64. The first-order valence-corrected chi connectivity index (χ1v) is 3.91. The van der Waals surface area contributed by atoms with E-state index in [0.29, 0.717) is 6.42 Å². The van der Waals surface area contributed by atoms with E-state index in [-0.39, 0.29) is 6.54 Å². The van der Waals surface area contributed by atoms with Crippen LogP contribution in [0.4, 0.5) is 17.6 Å². The molecule has 6 heteroatoms. The van der Waals surface area contributed by atoms with Crippen LogP contribution >= 0.6 is 0 Å². The van der Waals surface area contributed by atoms with E-state index < -0.39 is 25.1 Å². The molecule has 0 spiro atoms. The molecule has 0 aromatic carbocycles. The number of hydrogen-bond acceptors (Lipinski definition) is 2. The molecule has 2 N–H and O–H groups in total. The minimum atomic E-state index is -4.08. The van der Waals surface area contributed by atoms with E-state index in [1.54, 1.807) is 6.92 Å². The van der Waals surface area contributed by atoms with Crippen molar-refractivity contribution in [2.75, 3.05) is 13.2 Å². The van der Waals surface area contributed by atoms with Crippen LogP contribution in [0.2, 0.25) is 0 Å². The van der Waals surface area contributed by atoms with Gasteiger partial charge >= 0.3 is 12.3 Å². The van der Waals surface area contributed by atoms with Gasteiger partial charge in [-0.2, -0.15) is 8.78 Å². The molecule has 1 unspecified atom stereocenters. The topological polar surface area (TPSA) is 35.2 Å². The summed E-state index contributed by atoms with van der Waals surface area (Å²) in [5.74, 6) is -4.08. The Bertz CT molecular complexity index is 138. The zero-order valence-corrected chi connectivity index (χ0v) is 7.27. The largest absolute Gasteiger partial charge is 0.370 e. The fraction of sp³-hybridized carbons (Fsp3) is 1.00. The van der Waals surface area contributed by atoms with E-state index in [1.807, 2.05) is 0 Å². The van der Waals surface area contributed by atoms with Crippen molar-refractivity contribution in [3.05, 3.63) is 0 Å². The number of ether oxygens (including phenoxy) is 1. The molecule has 0 aromatic rings. The Morgan fingerprint density at radius 2 is 1.92 bits per heavy atom. The van der Waals surface area contributed by atoms with Crippen molar-refractivity contribution < 1.29 is 22.3 Å². The van der Waals surface area contributed by atoms with Gasteiger partial charge in [-0.3, -0.25) is 0 Å². The average molecular weight is 203 g/mol. The Kier molecular flexibility index (Phi) is 5.24. The molecule has 1 atom stereocenters. The fourth-order valence-electron chi connectivity index (χ4n) is 0.645. The zero-order valence-electron chi connectivity index (χ0n) is 7.27. The van der Waals surface area contributed by atoms with Crippen molar-refractivity contribution >= 4 is 0 Å². The van der Waals surface area contributed by atoms with Crippen LogP contribution in [0.3, 0.4) is 0 Å². The minimum Gasteiger partial charge on any atom is -0.370 e. The van der Waals surface area contributed by atoms with Gasteiger partial charge in [0, 0.05) is 6.54 Å². The van der Waals surface area contributed by atoms with Crippen molar-refractivity contribution in [1.29, 1.82) is 0 Å². The maximum atomic E-state index is 12.3. The van der Waals surface area contributed by atoms with E-state index in [9.17, 15) is 17.6 Å². The van der Waals surface area contributed by atoms with E-state index >= 15 is 0 Å². The highest BCUT2D eigenvalue weighted by Crippen LogP contribution is 2.23. The number of nitrogens with two attached hydrogens (primary N) is 1. The van der Waals surface area contributed by atoms with Crippen LogP contribution in [0.15, 0.2) is 0 Å². The molecule has 0 aliphatic heterocycles. The Labute approximate surface area is 74.0 Å². The summed E-state index contributed by atoms with van der Waals surface area (Å²) >= 11 is 0. The van der Waals surface area contributed by atoms with Crippen molar-refractivity contribution in [3.8, 4) is 0 Å². The van der Waals surface area contributed by atoms with Crippen LogP contribution in [0.25, 0.3) is 0 Å². The van der Waals surface area contributed by atoms with Crippen LogP contribution in [-0.4, -0.2) is 31.6 Å². The molecule has 0 saturated heterocycles. The van der Waals surface area contributed by atoms with Crippen LogP contribution in [0.1, 0.15) is 13.3 Å². The fourth-order valence-corrected chi connectivity index (χ4v) is 0.645. The normalized spacial score (nSPS) is 15.0. The number of alkyl halides is 4. The lowest BCUT2D eigenvalue weighted by Crippen LogP contribution is -2.36. The van der Waals surface area contributed by atoms with Crippen LogP contribution in [-0.2, 0) is 4.74 Å². The first-order chi connectivity index (χ1) is 5.94. The Balaban J connectivity index is 3.85. The van der Waals surface area contributed by atoms with Crippen LogP contribution in [0.5, 0.6) is 0 Å². The van der Waals surface area contributed by atoms with Gasteiger partial charge in [0.1, 0.15) is 6.61 Å². The highest BCUT2D eigenvalue weighted by atomic mass is 19.3. The number of halogens is 4. The maximum Gasteiger partial charge on any atom is 0.330 e. The van der Waals surface area contributed by atoms with Crippen molar-refractivity contribution in [2.45, 2.75) is 31.8 Å². The lowest BCUT2D eigenvalue weighted by Gasteiger charge is -2.19. The second-order valence-corrected chi connectivity index (χ2v) is 2.64. The minimum absolute atomic E-state index is 0.0514. The Morgan fingerprint density at radius 3 is 2.23 bits per heavy atom. The number of hydrogen-bond donors (Lipinski definition) is 1. The summed E-state index contributed by atoms with van der Waals surface area (Å²) < 4.78 is 52.3. The molecule has 80 valence electrons. The highest BCUT2D eigenvalue weighted by molar-refractivity contribution is 4.69. The lowest BCUT2D eigenvalue weighted by molar-refractivity contribution is -0.175. The first kappa shape index (κ1) is 12.6. The molecule has 0 heterocycles. The predicted molar refractivity (Wildman–Crippen MR) is 40.0 cm³/mol. The summed E-state index contributed by atoms with van der Waals surface area (Å²) in [6, 6.07) is 0. The van der Waals surface area contributed by atoms with Gasteiger partial charge in [-0.1, -0.05) is 6.92 Å². The van der Waals surface area contributed by atoms with Crippen LogP contribution in [0, 0.1) is 0 Å². The Morgan fingerprint density at radius 1 is 1.38 bits per heavy atom. The van der Waals surface area contributed by atoms with Gasteiger partial charge in [-0.05, 0) is 6.42 Å². The van der Waals surface area contributed by atoms with Gasteiger partial charge in [0.05, 0.1) is 6.10 Å². The molecule has 0 fully saturated rings. The third-order valence-electron chi connectivity index (χ3n) is 1.55. The summed E-state index contributed by atoms with van der Waals surface area (Å²) in [6.45, 7) is 0.453. The maximum absolute atomic E-state index is 12.3. The molecule has 0 aliphatic carbocycles. The summed E-state index contributed by atoms with van der Waals surface area (Å²) in [4.78, 5) is 0. The monoisotopic (exact) mass is 203 g/mol. The summed E-state index contributed by atoms with van der Waals surface area (Å²) in [5.41, 5.74) is 5.13. The number of rotatable bonds is 6. The molecule has 0 bridgehead atoms. The van der Waals surface area contributed by atoms with Gasteiger partial charge in [-0.25, -0.2) is 8.78 Å². The SMILES string of the molecule is CCC(CN)OCC(F)(F)C(F)F. The van der Waals surface area contributed by atoms with E-state index in [2.05, 4.69) is 4.74 Å². The molecule has 0 radical (unpaired) electrons. The zero-order chi connectivity index (χ0) is 10.5. The van der Waals surface area contributed by atoms with Crippen molar-refractivity contribution in [3.63, 3.8) is 0 Å². The van der Waals surface area contributed by atoms with Gasteiger partial charge < -0.3 is 10.5 Å². The molecular formula is C7H13F4NO. The quantitative estimate of drug-likeness (QED) is 0.666. The van der Waals surface area contributed by atoms with Gasteiger partial charge in [-0.15, -0.1) is 0 Å². The van der Waals surface area contributed by atoms with Crippen molar-refractivity contribution in [1.82, 2.24) is 0 Å². The molecule has 2 nitrogen and oxygen atoms in total. The Hall–Kier alpha value is -0.360. The van der Waals surface area contributed by atoms with E-state index in [0.717, 1.165) is 0 Å². The molecule has 0 aliphatic rings. The molecule has 0 rings (SSSR count). The van der Waals surface area contributed by atoms with Gasteiger partial charge in [0.2, 0.25) is 0 Å². The third kappa shape index (κ3) is 4.42. The second kappa shape index (κ2) is 5.39. The highest BCUT2D eigenvalue weighted by Gasteiger charge is 2.41. The first-order valence-electron chi connectivity index (χ1n) is 3.91. The molecule has 13 heavy (non-hydrogen) atoms. The summed E-state index contributed by atoms with van der Waals surface area (Å²) in [5, 5.41) is 0. The molecule has 0 aromatic heterocycles. The molecule has 0 amide bonds. The smallest absolute Gasteiger partial charge is 0.330 e. The summed E-state index contributed by atoms with van der Waals surface area (Å²) in [6.07, 6.45) is -3.84. The standard InChI is InChI=1S/C7H13F4NO/c1-2-5(3-12)13-4-7(10,11)6(8)9/h5-6H,2-4,12H2,1H3.